The van der Waals surface area contributed by atoms with Crippen LogP contribution in [0.25, 0.3) is 11.8 Å². The molecule has 2 aromatic heterocycles. The van der Waals surface area contributed by atoms with Crippen LogP contribution in [-0.2, 0) is 11.3 Å². The van der Waals surface area contributed by atoms with Crippen LogP contribution in [0.4, 0.5) is 9.18 Å². The summed E-state index contributed by atoms with van der Waals surface area (Å²) in [6.45, 7) is 3.77. The van der Waals surface area contributed by atoms with Gasteiger partial charge >= 0.3 is 6.03 Å². The number of amides is 3. The van der Waals surface area contributed by atoms with Gasteiger partial charge < -0.3 is 9.88 Å². The number of hydrogen-bond acceptors (Lipinski definition) is 3. The van der Waals surface area contributed by atoms with Gasteiger partial charge in [-0.15, -0.1) is 0 Å². The predicted molar refractivity (Wildman–Crippen MR) is 106 cm³/mol. The fourth-order valence-electron chi connectivity index (χ4n) is 3.48. The Morgan fingerprint density at radius 3 is 2.66 bits per heavy atom. The predicted octanol–water partition coefficient (Wildman–Crippen LogP) is 3.72. The summed E-state index contributed by atoms with van der Waals surface area (Å²) in [5.41, 5.74) is 4.06. The van der Waals surface area contributed by atoms with Gasteiger partial charge in [0.1, 0.15) is 11.5 Å². The van der Waals surface area contributed by atoms with Crippen LogP contribution >= 0.6 is 0 Å². The number of halogens is 1. The van der Waals surface area contributed by atoms with Gasteiger partial charge in [0.2, 0.25) is 0 Å². The highest BCUT2D eigenvalue weighted by Gasteiger charge is 2.34. The highest BCUT2D eigenvalue weighted by molar-refractivity contribution is 6.14. The summed E-state index contributed by atoms with van der Waals surface area (Å²) in [7, 11) is 0. The summed E-state index contributed by atoms with van der Waals surface area (Å²) in [5, 5.41) is 2.59. The van der Waals surface area contributed by atoms with Crippen molar-refractivity contribution in [2.24, 2.45) is 0 Å². The van der Waals surface area contributed by atoms with E-state index in [0.717, 1.165) is 27.5 Å². The van der Waals surface area contributed by atoms with Gasteiger partial charge in [-0.1, -0.05) is 18.2 Å². The Bertz CT molecular complexity index is 1130. The number of rotatable bonds is 4. The number of pyridine rings is 1. The van der Waals surface area contributed by atoms with Gasteiger partial charge in [0.25, 0.3) is 5.91 Å². The normalized spacial score (nSPS) is 15.3. The van der Waals surface area contributed by atoms with Gasteiger partial charge in [-0.25, -0.2) is 9.18 Å². The van der Waals surface area contributed by atoms with Gasteiger partial charge in [0.15, 0.2) is 0 Å². The van der Waals surface area contributed by atoms with Crippen LogP contribution in [0.5, 0.6) is 0 Å². The molecule has 3 aromatic rings. The first-order valence-electron chi connectivity index (χ1n) is 9.13. The number of aromatic nitrogens is 2. The number of imide groups is 1. The summed E-state index contributed by atoms with van der Waals surface area (Å²) in [4.78, 5) is 30.2. The lowest BCUT2D eigenvalue weighted by Gasteiger charge is -2.12. The van der Waals surface area contributed by atoms with Crippen molar-refractivity contribution in [1.29, 1.82) is 0 Å². The van der Waals surface area contributed by atoms with Crippen LogP contribution in [0.1, 0.15) is 22.5 Å². The number of urea groups is 1. The Kier molecular flexibility index (Phi) is 4.72. The van der Waals surface area contributed by atoms with Gasteiger partial charge in [-0.3, -0.25) is 14.7 Å². The molecule has 1 aliphatic heterocycles. The second-order valence-corrected chi connectivity index (χ2v) is 6.84. The van der Waals surface area contributed by atoms with Crippen molar-refractivity contribution in [3.63, 3.8) is 0 Å². The molecule has 1 fully saturated rings. The van der Waals surface area contributed by atoms with E-state index in [1.807, 2.05) is 36.6 Å². The maximum absolute atomic E-state index is 13.9. The molecule has 6 nitrogen and oxygen atoms in total. The number of nitrogens with one attached hydrogen (secondary N) is 1. The van der Waals surface area contributed by atoms with Crippen LogP contribution in [-0.4, -0.2) is 26.4 Å². The molecule has 0 aliphatic carbocycles. The fraction of sp³-hybridized carbons (Fsp3) is 0.136. The van der Waals surface area contributed by atoms with Gasteiger partial charge in [-0.2, -0.15) is 0 Å². The maximum Gasteiger partial charge on any atom is 0.329 e. The molecule has 0 radical (unpaired) electrons. The molecule has 1 aliphatic rings. The van der Waals surface area contributed by atoms with E-state index in [4.69, 9.17) is 0 Å². The lowest BCUT2D eigenvalue weighted by molar-refractivity contribution is -0.123. The van der Waals surface area contributed by atoms with Crippen LogP contribution in [0, 0.1) is 19.7 Å². The largest absolute Gasteiger partial charge is 0.329 e. The minimum atomic E-state index is -0.564. The third-order valence-electron chi connectivity index (χ3n) is 4.92. The first-order chi connectivity index (χ1) is 14.0. The number of carbonyl (C=O) groups excluding carboxylic acids is 2. The molecule has 0 spiro atoms. The lowest BCUT2D eigenvalue weighted by atomic mass is 10.2. The molecule has 3 heterocycles. The number of aryl methyl sites for hydroxylation is 1. The van der Waals surface area contributed by atoms with Crippen LogP contribution < -0.4 is 5.32 Å². The molecular formula is C22H19FN4O2. The van der Waals surface area contributed by atoms with Crippen molar-refractivity contribution < 1.29 is 14.0 Å². The van der Waals surface area contributed by atoms with E-state index in [0.29, 0.717) is 0 Å². The first-order valence-corrected chi connectivity index (χ1v) is 9.13. The lowest BCUT2D eigenvalue weighted by Crippen LogP contribution is -2.30. The molecular weight excluding hydrogens is 371 g/mol. The second-order valence-electron chi connectivity index (χ2n) is 6.84. The van der Waals surface area contributed by atoms with Gasteiger partial charge in [0.05, 0.1) is 18.4 Å². The van der Waals surface area contributed by atoms with E-state index >= 15 is 0 Å². The van der Waals surface area contributed by atoms with Gasteiger partial charge in [0, 0.05) is 23.1 Å². The van der Waals surface area contributed by atoms with Crippen molar-refractivity contribution in [2.45, 2.75) is 20.4 Å². The van der Waals surface area contributed by atoms with E-state index < -0.39 is 17.8 Å². The Hall–Kier alpha value is -3.74. The third-order valence-corrected chi connectivity index (χ3v) is 4.92. The minimum absolute atomic E-state index is 0.122. The zero-order chi connectivity index (χ0) is 20.5. The summed E-state index contributed by atoms with van der Waals surface area (Å²) in [5.74, 6) is -0.935. The average Bonchev–Trinajstić information content (AvgIpc) is 3.13. The summed E-state index contributed by atoms with van der Waals surface area (Å²) in [6, 6.07) is 11.3. The Balaban J connectivity index is 1.64. The molecule has 3 amide bonds. The smallest absolute Gasteiger partial charge is 0.316 e. The molecule has 29 heavy (non-hydrogen) atoms. The van der Waals surface area contributed by atoms with Crippen molar-refractivity contribution in [2.75, 3.05) is 0 Å². The Labute approximate surface area is 167 Å². The highest BCUT2D eigenvalue weighted by atomic mass is 19.1. The zero-order valence-corrected chi connectivity index (χ0v) is 16.0. The molecule has 0 bridgehead atoms. The van der Waals surface area contributed by atoms with E-state index in [9.17, 15) is 14.0 Å². The van der Waals surface area contributed by atoms with E-state index in [1.165, 1.54) is 6.07 Å². The molecule has 0 saturated carbocycles. The average molecular weight is 390 g/mol. The minimum Gasteiger partial charge on any atom is -0.316 e. The third kappa shape index (κ3) is 3.42. The summed E-state index contributed by atoms with van der Waals surface area (Å²) in [6.07, 6.45) is 5.11. The van der Waals surface area contributed by atoms with Crippen molar-refractivity contribution in [3.05, 3.63) is 88.9 Å². The topological polar surface area (TPSA) is 67.2 Å². The Morgan fingerprint density at radius 2 is 1.93 bits per heavy atom. The van der Waals surface area contributed by atoms with Crippen LogP contribution in [0.3, 0.4) is 0 Å². The SMILES string of the molecule is Cc1cc(/C=C2\NC(=O)N(Cc3ccccc3F)C2=O)c(C)n1-c1cccnc1. The van der Waals surface area contributed by atoms with Crippen LogP contribution in [0.15, 0.2) is 60.6 Å². The highest BCUT2D eigenvalue weighted by Crippen LogP contribution is 2.24. The molecule has 0 unspecified atom stereocenters. The molecule has 7 heteroatoms. The maximum atomic E-state index is 13.9. The van der Waals surface area contributed by atoms with Crippen molar-refractivity contribution in [1.82, 2.24) is 19.8 Å². The monoisotopic (exact) mass is 390 g/mol. The Morgan fingerprint density at radius 1 is 1.14 bits per heavy atom. The van der Waals surface area contributed by atoms with Crippen molar-refractivity contribution in [3.8, 4) is 5.69 Å². The number of hydrogen-bond donors (Lipinski definition) is 1. The number of benzene rings is 1. The zero-order valence-electron chi connectivity index (χ0n) is 16.0. The molecule has 4 rings (SSSR count). The molecule has 1 N–H and O–H groups in total. The van der Waals surface area contributed by atoms with E-state index in [2.05, 4.69) is 10.3 Å². The number of carbonyl (C=O) groups is 2. The molecule has 1 saturated heterocycles. The second kappa shape index (κ2) is 7.35. The molecule has 1 aromatic carbocycles. The standard InChI is InChI=1S/C22H19FN4O2/c1-14-10-17(15(2)27(14)18-7-5-9-24-12-18)11-20-21(28)26(22(29)25-20)13-16-6-3-4-8-19(16)23/h3-12H,13H2,1-2H3,(H,25,29)/b20-11-. The quantitative estimate of drug-likeness (QED) is 0.545. The van der Waals surface area contributed by atoms with E-state index in [1.54, 1.807) is 36.7 Å². The summed E-state index contributed by atoms with van der Waals surface area (Å²) >= 11 is 0. The number of nitrogens with zero attached hydrogens (tertiary/aromatic N) is 3. The van der Waals surface area contributed by atoms with E-state index in [-0.39, 0.29) is 17.8 Å². The molecule has 0 atom stereocenters. The van der Waals surface area contributed by atoms with Gasteiger partial charge in [-0.05, 0) is 49.8 Å². The van der Waals surface area contributed by atoms with Crippen LogP contribution in [0.2, 0.25) is 0 Å². The first kappa shape index (κ1) is 18.6. The fourth-order valence-corrected chi connectivity index (χ4v) is 3.48. The molecule has 146 valence electrons. The van der Waals surface area contributed by atoms with Crippen molar-refractivity contribution >= 4 is 18.0 Å². The summed E-state index contributed by atoms with van der Waals surface area (Å²) < 4.78 is 15.9.